The molecule has 2 aromatic heterocycles. The summed E-state index contributed by atoms with van der Waals surface area (Å²) in [6.45, 7) is 2.42. The second-order valence-corrected chi connectivity index (χ2v) is 5.47. The summed E-state index contributed by atoms with van der Waals surface area (Å²) >= 11 is 0. The molecule has 10 heteroatoms. The van der Waals surface area contributed by atoms with Crippen LogP contribution in [0.15, 0.2) is 30.3 Å². The van der Waals surface area contributed by atoms with Crippen molar-refractivity contribution in [1.29, 1.82) is 0 Å². The van der Waals surface area contributed by atoms with E-state index in [1.165, 1.54) is 6.07 Å². The molecule has 1 aromatic carbocycles. The number of rotatable bonds is 7. The van der Waals surface area contributed by atoms with Gasteiger partial charge >= 0.3 is 5.69 Å². The predicted molar refractivity (Wildman–Crippen MR) is 93.0 cm³/mol. The normalized spacial score (nSPS) is 12.1. The molecule has 25 heavy (non-hydrogen) atoms. The highest BCUT2D eigenvalue weighted by Gasteiger charge is 2.17. The Balaban J connectivity index is 1.89. The molecule has 0 saturated heterocycles. The lowest BCUT2D eigenvalue weighted by molar-refractivity contribution is -0.384. The van der Waals surface area contributed by atoms with Crippen LogP contribution in [0.3, 0.4) is 0 Å². The van der Waals surface area contributed by atoms with E-state index < -0.39 is 4.92 Å². The molecule has 3 N–H and O–H groups in total. The largest absolute Gasteiger partial charge is 0.383 e. The molecule has 0 aliphatic carbocycles. The average Bonchev–Trinajstić information content (AvgIpc) is 3.02. The van der Waals surface area contributed by atoms with E-state index in [1.54, 1.807) is 31.4 Å². The molecule has 0 fully saturated rings. The average molecular weight is 343 g/mol. The van der Waals surface area contributed by atoms with Crippen LogP contribution in [0.4, 0.5) is 23.0 Å². The maximum Gasteiger partial charge on any atom is 0.311 e. The highest BCUT2D eigenvalue weighted by Crippen LogP contribution is 2.28. The predicted octanol–water partition coefficient (Wildman–Crippen LogP) is 2.45. The second kappa shape index (κ2) is 7.09. The summed E-state index contributed by atoms with van der Waals surface area (Å²) in [6.07, 6.45) is 0. The Morgan fingerprint density at radius 3 is 2.84 bits per heavy atom. The first-order chi connectivity index (χ1) is 12.1. The lowest BCUT2D eigenvalue weighted by Crippen LogP contribution is -2.21. The Hall–Kier alpha value is -3.27. The summed E-state index contributed by atoms with van der Waals surface area (Å²) in [5, 5.41) is 27.9. The molecule has 0 radical (unpaired) electrons. The van der Waals surface area contributed by atoms with Crippen LogP contribution in [0.1, 0.15) is 6.92 Å². The van der Waals surface area contributed by atoms with Crippen molar-refractivity contribution in [1.82, 2.24) is 20.4 Å². The van der Waals surface area contributed by atoms with Crippen molar-refractivity contribution in [2.24, 2.45) is 0 Å². The Kier molecular flexibility index (Phi) is 4.70. The lowest BCUT2D eigenvalue weighted by Gasteiger charge is -2.14. The molecule has 0 saturated carbocycles. The Morgan fingerprint density at radius 1 is 1.28 bits per heavy atom. The third-order valence-electron chi connectivity index (χ3n) is 3.46. The molecule has 0 spiro atoms. The molecule has 0 bridgehead atoms. The number of hydrogen-bond acceptors (Lipinski definition) is 8. The monoisotopic (exact) mass is 343 g/mol. The van der Waals surface area contributed by atoms with Gasteiger partial charge in [-0.3, -0.25) is 10.1 Å². The standard InChI is InChI=1S/C15H17N7O3/c1-9(8-25-2)16-14-6-5-13(22(23)24)15(18-14)17-10-3-4-11-12(7-10)20-21-19-11/h3-7,9H,8H2,1-2H3,(H2,16,17,18)(H,19,20,21). The number of nitrogens with zero attached hydrogens (tertiary/aromatic N) is 4. The summed E-state index contributed by atoms with van der Waals surface area (Å²) in [5.41, 5.74) is 1.86. The number of fused-ring (bicyclic) bond motifs is 1. The third-order valence-corrected chi connectivity index (χ3v) is 3.46. The van der Waals surface area contributed by atoms with Gasteiger partial charge in [-0.1, -0.05) is 0 Å². The van der Waals surface area contributed by atoms with Gasteiger partial charge in [0.2, 0.25) is 5.82 Å². The number of methoxy groups -OCH3 is 1. The summed E-state index contributed by atoms with van der Waals surface area (Å²) in [7, 11) is 1.61. The number of nitrogens with one attached hydrogen (secondary N) is 3. The minimum atomic E-state index is -0.480. The fourth-order valence-electron chi connectivity index (χ4n) is 2.37. The fraction of sp³-hybridized carbons (Fsp3) is 0.267. The van der Waals surface area contributed by atoms with E-state index in [9.17, 15) is 10.1 Å². The third kappa shape index (κ3) is 3.80. The van der Waals surface area contributed by atoms with Crippen LogP contribution in [-0.4, -0.2) is 45.1 Å². The molecule has 130 valence electrons. The number of pyridine rings is 1. The molecule has 0 amide bonds. The van der Waals surface area contributed by atoms with E-state index in [0.29, 0.717) is 29.1 Å². The molecule has 0 aliphatic rings. The lowest BCUT2D eigenvalue weighted by atomic mass is 10.2. The number of anilines is 3. The van der Waals surface area contributed by atoms with Crippen LogP contribution in [0.25, 0.3) is 11.0 Å². The quantitative estimate of drug-likeness (QED) is 0.440. The molecular weight excluding hydrogens is 326 g/mol. The van der Waals surface area contributed by atoms with Gasteiger partial charge in [-0.25, -0.2) is 4.98 Å². The van der Waals surface area contributed by atoms with Crippen molar-refractivity contribution in [2.75, 3.05) is 24.4 Å². The molecule has 1 atom stereocenters. The number of H-pyrrole nitrogens is 1. The van der Waals surface area contributed by atoms with Crippen molar-refractivity contribution < 1.29 is 9.66 Å². The number of aromatic nitrogens is 4. The number of aromatic amines is 1. The van der Waals surface area contributed by atoms with Gasteiger partial charge in [-0.2, -0.15) is 15.4 Å². The fourth-order valence-corrected chi connectivity index (χ4v) is 2.37. The number of ether oxygens (including phenoxy) is 1. The van der Waals surface area contributed by atoms with Gasteiger partial charge in [0.1, 0.15) is 16.9 Å². The van der Waals surface area contributed by atoms with Crippen molar-refractivity contribution in [3.8, 4) is 0 Å². The highest BCUT2D eigenvalue weighted by molar-refractivity contribution is 5.80. The first kappa shape index (κ1) is 16.6. The van der Waals surface area contributed by atoms with Gasteiger partial charge in [0.05, 0.1) is 11.5 Å². The SMILES string of the molecule is COCC(C)Nc1ccc([N+](=O)[O-])c(Nc2ccc3n[nH]nc3c2)n1. The molecular formula is C15H17N7O3. The zero-order valence-corrected chi connectivity index (χ0v) is 13.7. The molecule has 2 heterocycles. The van der Waals surface area contributed by atoms with Crippen molar-refractivity contribution in [3.05, 3.63) is 40.4 Å². The zero-order valence-electron chi connectivity index (χ0n) is 13.7. The minimum absolute atomic E-state index is 0.0123. The Labute approximate surface area is 142 Å². The van der Waals surface area contributed by atoms with Crippen molar-refractivity contribution >= 4 is 34.0 Å². The van der Waals surface area contributed by atoms with Crippen molar-refractivity contribution in [2.45, 2.75) is 13.0 Å². The van der Waals surface area contributed by atoms with E-state index in [2.05, 4.69) is 31.0 Å². The van der Waals surface area contributed by atoms with Gasteiger partial charge < -0.3 is 15.4 Å². The Bertz CT molecular complexity index is 896. The molecule has 10 nitrogen and oxygen atoms in total. The van der Waals surface area contributed by atoms with Crippen LogP contribution in [0, 0.1) is 10.1 Å². The van der Waals surface area contributed by atoms with Crippen molar-refractivity contribution in [3.63, 3.8) is 0 Å². The number of benzene rings is 1. The molecule has 3 aromatic rings. The zero-order chi connectivity index (χ0) is 17.8. The van der Waals surface area contributed by atoms with Crippen LogP contribution in [0.2, 0.25) is 0 Å². The summed E-state index contributed by atoms with van der Waals surface area (Å²) in [4.78, 5) is 15.1. The van der Waals surface area contributed by atoms with E-state index in [4.69, 9.17) is 4.74 Å². The van der Waals surface area contributed by atoms with E-state index in [0.717, 1.165) is 0 Å². The number of hydrogen-bond donors (Lipinski definition) is 3. The molecule has 3 rings (SSSR count). The molecule has 1 unspecified atom stereocenters. The smallest absolute Gasteiger partial charge is 0.311 e. The second-order valence-electron chi connectivity index (χ2n) is 5.47. The maximum atomic E-state index is 11.3. The topological polar surface area (TPSA) is 131 Å². The number of nitro groups is 1. The summed E-state index contributed by atoms with van der Waals surface area (Å²) in [5.74, 6) is 0.655. The van der Waals surface area contributed by atoms with E-state index in [-0.39, 0.29) is 17.5 Å². The van der Waals surface area contributed by atoms with Gasteiger partial charge in [0.15, 0.2) is 0 Å². The van der Waals surface area contributed by atoms with Crippen LogP contribution >= 0.6 is 0 Å². The Morgan fingerprint density at radius 2 is 2.08 bits per heavy atom. The van der Waals surface area contributed by atoms with Crippen LogP contribution in [0.5, 0.6) is 0 Å². The van der Waals surface area contributed by atoms with Crippen LogP contribution < -0.4 is 10.6 Å². The highest BCUT2D eigenvalue weighted by atomic mass is 16.6. The summed E-state index contributed by atoms with van der Waals surface area (Å²) < 4.78 is 5.07. The van der Waals surface area contributed by atoms with Gasteiger partial charge in [-0.15, -0.1) is 0 Å². The molecule has 0 aliphatic heterocycles. The minimum Gasteiger partial charge on any atom is -0.383 e. The van der Waals surface area contributed by atoms with E-state index in [1.807, 2.05) is 6.92 Å². The van der Waals surface area contributed by atoms with Gasteiger partial charge in [0, 0.05) is 24.9 Å². The first-order valence-electron chi connectivity index (χ1n) is 7.55. The first-order valence-corrected chi connectivity index (χ1v) is 7.55. The van der Waals surface area contributed by atoms with Crippen LogP contribution in [-0.2, 0) is 4.74 Å². The summed E-state index contributed by atoms with van der Waals surface area (Å²) in [6, 6.07) is 8.23. The van der Waals surface area contributed by atoms with Gasteiger partial charge in [-0.05, 0) is 31.2 Å². The van der Waals surface area contributed by atoms with E-state index >= 15 is 0 Å². The maximum absolute atomic E-state index is 11.3. The van der Waals surface area contributed by atoms with Gasteiger partial charge in [0.25, 0.3) is 0 Å².